The first-order chi connectivity index (χ1) is 13.6. The number of aliphatic hydroxyl groups excluding tert-OH is 1. The van der Waals surface area contributed by atoms with E-state index in [0.29, 0.717) is 0 Å². The van der Waals surface area contributed by atoms with Crippen LogP contribution in [0.1, 0.15) is 96.8 Å². The first kappa shape index (κ1) is 24.5. The number of anilines is 1. The summed E-state index contributed by atoms with van der Waals surface area (Å²) in [6.07, 6.45) is 14.2. The maximum atomic E-state index is 10.7. The highest BCUT2D eigenvalue weighted by atomic mass is 16.4. The fourth-order valence-electron chi connectivity index (χ4n) is 3.61. The minimum Gasteiger partial charge on any atom is -0.481 e. The largest absolute Gasteiger partial charge is 0.481 e. The topological polar surface area (TPSA) is 69.6 Å². The Balaban J connectivity index is 2.32. The number of unbranched alkanes of at least 4 members (excludes halogenated alkanes) is 9. The van der Waals surface area contributed by atoms with Crippen LogP contribution >= 0.6 is 0 Å². The van der Waals surface area contributed by atoms with E-state index in [9.17, 15) is 9.90 Å². The second-order valence-corrected chi connectivity index (χ2v) is 7.94. The van der Waals surface area contributed by atoms with Crippen molar-refractivity contribution in [2.45, 2.75) is 109 Å². The van der Waals surface area contributed by atoms with E-state index < -0.39 is 5.97 Å². The first-order valence-corrected chi connectivity index (χ1v) is 11.3. The van der Waals surface area contributed by atoms with E-state index in [-0.39, 0.29) is 18.6 Å². The third kappa shape index (κ3) is 12.8. The molecule has 0 amide bonds. The molecule has 0 heterocycles. The van der Waals surface area contributed by atoms with E-state index in [0.717, 1.165) is 57.1 Å². The van der Waals surface area contributed by atoms with Gasteiger partial charge in [0, 0.05) is 12.1 Å². The Morgan fingerprint density at radius 3 is 2.07 bits per heavy atom. The zero-order chi connectivity index (χ0) is 20.5. The van der Waals surface area contributed by atoms with Gasteiger partial charge in [-0.1, -0.05) is 89.3 Å². The summed E-state index contributed by atoms with van der Waals surface area (Å²) < 4.78 is 0. The number of para-hydroxylation sites is 1. The fraction of sp³-hybridized carbons (Fsp3) is 0.708. The number of nitrogens with one attached hydrogen (secondary N) is 1. The van der Waals surface area contributed by atoms with Gasteiger partial charge >= 0.3 is 5.97 Å². The summed E-state index contributed by atoms with van der Waals surface area (Å²) in [4.78, 5) is 10.5. The van der Waals surface area contributed by atoms with Gasteiger partial charge in [0.15, 0.2) is 0 Å². The normalized spacial score (nSPS) is 13.2. The second-order valence-electron chi connectivity index (χ2n) is 7.94. The number of aliphatic hydroxyl groups is 1. The average molecular weight is 392 g/mol. The maximum absolute atomic E-state index is 10.7. The van der Waals surface area contributed by atoms with Crippen molar-refractivity contribution in [3.05, 3.63) is 30.3 Å². The number of hydrogen-bond donors (Lipinski definition) is 3. The molecular weight excluding hydrogens is 350 g/mol. The number of carboxylic acid groups (broad SMARTS) is 1. The molecule has 2 atom stereocenters. The SMILES string of the molecule is CCCCCCCCC(Nc1ccccc1)C(O)CCCCCCCC(=O)O. The van der Waals surface area contributed by atoms with Gasteiger partial charge in [-0.15, -0.1) is 0 Å². The van der Waals surface area contributed by atoms with Gasteiger partial charge in [0.25, 0.3) is 0 Å². The molecule has 0 radical (unpaired) electrons. The van der Waals surface area contributed by atoms with Gasteiger partial charge in [0.05, 0.1) is 12.1 Å². The third-order valence-corrected chi connectivity index (χ3v) is 5.35. The van der Waals surface area contributed by atoms with Gasteiger partial charge in [0.2, 0.25) is 0 Å². The number of carboxylic acids is 1. The molecule has 0 aromatic heterocycles. The fourth-order valence-corrected chi connectivity index (χ4v) is 3.61. The summed E-state index contributed by atoms with van der Waals surface area (Å²) in [5, 5.41) is 22.9. The molecule has 0 fully saturated rings. The van der Waals surface area contributed by atoms with Gasteiger partial charge in [0.1, 0.15) is 0 Å². The molecule has 0 spiro atoms. The molecule has 0 aliphatic rings. The van der Waals surface area contributed by atoms with Crippen LogP contribution in [0, 0.1) is 0 Å². The van der Waals surface area contributed by atoms with Gasteiger partial charge in [-0.25, -0.2) is 0 Å². The molecule has 0 saturated carbocycles. The van der Waals surface area contributed by atoms with Crippen molar-refractivity contribution < 1.29 is 15.0 Å². The quantitative estimate of drug-likeness (QED) is 0.253. The molecule has 0 aliphatic carbocycles. The Bertz CT molecular complexity index is 492. The minimum atomic E-state index is -0.708. The molecule has 0 saturated heterocycles. The van der Waals surface area contributed by atoms with E-state index in [1.54, 1.807) is 0 Å². The molecule has 3 N–H and O–H groups in total. The first-order valence-electron chi connectivity index (χ1n) is 11.3. The summed E-state index contributed by atoms with van der Waals surface area (Å²) in [6.45, 7) is 2.24. The lowest BCUT2D eigenvalue weighted by molar-refractivity contribution is -0.137. The van der Waals surface area contributed by atoms with Crippen LogP contribution in [0.15, 0.2) is 30.3 Å². The molecule has 1 aromatic rings. The Morgan fingerprint density at radius 1 is 0.857 bits per heavy atom. The standard InChI is InChI=1S/C24H41NO3/c1-2-3-4-5-7-13-18-22(25-21-16-11-10-12-17-21)23(26)19-14-8-6-9-15-20-24(27)28/h10-12,16-17,22-23,25-26H,2-9,13-15,18-20H2,1H3,(H,27,28). The van der Waals surface area contributed by atoms with Crippen LogP contribution in [0.2, 0.25) is 0 Å². The molecule has 4 nitrogen and oxygen atoms in total. The zero-order valence-electron chi connectivity index (χ0n) is 17.7. The number of rotatable bonds is 18. The molecule has 2 unspecified atom stereocenters. The number of hydrogen-bond acceptors (Lipinski definition) is 3. The average Bonchev–Trinajstić information content (AvgIpc) is 2.69. The molecule has 28 heavy (non-hydrogen) atoms. The Hall–Kier alpha value is -1.55. The second kappa shape index (κ2) is 16.4. The maximum Gasteiger partial charge on any atom is 0.303 e. The molecule has 0 aliphatic heterocycles. The van der Waals surface area contributed by atoms with Crippen molar-refractivity contribution in [1.29, 1.82) is 0 Å². The highest BCUT2D eigenvalue weighted by Crippen LogP contribution is 2.19. The predicted molar refractivity (Wildman–Crippen MR) is 118 cm³/mol. The summed E-state index contributed by atoms with van der Waals surface area (Å²) in [6, 6.07) is 10.3. The van der Waals surface area contributed by atoms with Crippen molar-refractivity contribution in [3.63, 3.8) is 0 Å². The lowest BCUT2D eigenvalue weighted by atomic mass is 9.97. The lowest BCUT2D eigenvalue weighted by Gasteiger charge is -2.25. The van der Waals surface area contributed by atoms with Crippen molar-refractivity contribution in [2.24, 2.45) is 0 Å². The van der Waals surface area contributed by atoms with E-state index in [4.69, 9.17) is 5.11 Å². The monoisotopic (exact) mass is 391 g/mol. The van der Waals surface area contributed by atoms with E-state index in [1.165, 1.54) is 32.1 Å². The Labute approximate surface area is 171 Å². The molecule has 1 rings (SSSR count). The summed E-state index contributed by atoms with van der Waals surface area (Å²) in [5.41, 5.74) is 1.08. The van der Waals surface area contributed by atoms with Crippen LogP contribution in [-0.4, -0.2) is 28.3 Å². The highest BCUT2D eigenvalue weighted by Gasteiger charge is 2.18. The van der Waals surface area contributed by atoms with Crippen molar-refractivity contribution in [3.8, 4) is 0 Å². The van der Waals surface area contributed by atoms with Crippen molar-refractivity contribution in [2.75, 3.05) is 5.32 Å². The van der Waals surface area contributed by atoms with Gasteiger partial charge in [-0.05, 0) is 31.4 Å². The lowest BCUT2D eigenvalue weighted by Crippen LogP contribution is -2.33. The third-order valence-electron chi connectivity index (χ3n) is 5.35. The van der Waals surface area contributed by atoms with Gasteiger partial charge < -0.3 is 15.5 Å². The molecule has 160 valence electrons. The zero-order valence-corrected chi connectivity index (χ0v) is 17.7. The van der Waals surface area contributed by atoms with E-state index in [2.05, 4.69) is 24.4 Å². The molecular formula is C24H41NO3. The van der Waals surface area contributed by atoms with Crippen LogP contribution in [0.4, 0.5) is 5.69 Å². The number of carbonyl (C=O) groups is 1. The van der Waals surface area contributed by atoms with E-state index in [1.807, 2.05) is 18.2 Å². The summed E-state index contributed by atoms with van der Waals surface area (Å²) >= 11 is 0. The van der Waals surface area contributed by atoms with Crippen molar-refractivity contribution in [1.82, 2.24) is 0 Å². The van der Waals surface area contributed by atoms with E-state index >= 15 is 0 Å². The van der Waals surface area contributed by atoms with Crippen LogP contribution < -0.4 is 5.32 Å². The molecule has 4 heteroatoms. The van der Waals surface area contributed by atoms with Gasteiger partial charge in [-0.3, -0.25) is 4.79 Å². The molecule has 0 bridgehead atoms. The number of aliphatic carboxylic acids is 1. The van der Waals surface area contributed by atoms with Crippen LogP contribution in [0.25, 0.3) is 0 Å². The van der Waals surface area contributed by atoms with Crippen LogP contribution in [-0.2, 0) is 4.79 Å². The molecule has 1 aromatic carbocycles. The van der Waals surface area contributed by atoms with Gasteiger partial charge in [-0.2, -0.15) is 0 Å². The number of benzene rings is 1. The minimum absolute atomic E-state index is 0.0978. The Kier molecular flexibility index (Phi) is 14.4. The smallest absolute Gasteiger partial charge is 0.303 e. The van der Waals surface area contributed by atoms with Crippen molar-refractivity contribution >= 4 is 11.7 Å². The Morgan fingerprint density at radius 2 is 1.43 bits per heavy atom. The summed E-state index contributed by atoms with van der Waals surface area (Å²) in [7, 11) is 0. The summed E-state index contributed by atoms with van der Waals surface area (Å²) in [5.74, 6) is -0.708. The predicted octanol–water partition coefficient (Wildman–Crippen LogP) is 6.39. The highest BCUT2D eigenvalue weighted by molar-refractivity contribution is 5.66. The van der Waals surface area contributed by atoms with Crippen LogP contribution in [0.5, 0.6) is 0 Å². The van der Waals surface area contributed by atoms with Crippen LogP contribution in [0.3, 0.4) is 0 Å².